The van der Waals surface area contributed by atoms with Crippen LogP contribution in [0.3, 0.4) is 0 Å². The van der Waals surface area contributed by atoms with Crippen LogP contribution in [0, 0.1) is 13.8 Å². The topological polar surface area (TPSA) is 29.3 Å². The zero-order chi connectivity index (χ0) is 12.8. The average Bonchev–Trinajstić information content (AvgIpc) is 2.31. The van der Waals surface area contributed by atoms with Crippen molar-refractivity contribution in [3.05, 3.63) is 34.9 Å². The molecule has 0 aliphatic carbocycles. The fourth-order valence-electron chi connectivity index (χ4n) is 2.49. The van der Waals surface area contributed by atoms with Crippen LogP contribution in [0.5, 0.6) is 0 Å². The van der Waals surface area contributed by atoms with E-state index in [1.807, 2.05) is 0 Å². The second kappa shape index (κ2) is 6.77. The molecule has 0 spiro atoms. The van der Waals surface area contributed by atoms with Crippen LogP contribution in [-0.2, 0) is 0 Å². The fraction of sp³-hybridized carbons (Fsp3) is 0.600. The Morgan fingerprint density at radius 1 is 1.24 bits per heavy atom. The highest BCUT2D eigenvalue weighted by atomic mass is 15.2. The molecule has 17 heavy (non-hydrogen) atoms. The molecule has 0 aliphatic heterocycles. The lowest BCUT2D eigenvalue weighted by molar-refractivity contribution is 0.212. The van der Waals surface area contributed by atoms with E-state index in [1.54, 1.807) is 0 Å². The summed E-state index contributed by atoms with van der Waals surface area (Å²) in [4.78, 5) is 2.47. The van der Waals surface area contributed by atoms with E-state index in [4.69, 9.17) is 5.73 Å². The summed E-state index contributed by atoms with van der Waals surface area (Å²) < 4.78 is 0. The van der Waals surface area contributed by atoms with E-state index >= 15 is 0 Å². The van der Waals surface area contributed by atoms with Gasteiger partial charge in [0.05, 0.1) is 0 Å². The van der Waals surface area contributed by atoms with Crippen molar-refractivity contribution in [1.29, 1.82) is 0 Å². The molecular formula is C15H26N2. The van der Waals surface area contributed by atoms with Crippen LogP contribution in [0.15, 0.2) is 18.2 Å². The second-order valence-electron chi connectivity index (χ2n) is 4.74. The maximum absolute atomic E-state index is 5.98. The minimum Gasteiger partial charge on any atom is -0.329 e. The van der Waals surface area contributed by atoms with Crippen LogP contribution < -0.4 is 5.73 Å². The maximum Gasteiger partial charge on any atom is 0.0472 e. The molecule has 0 heterocycles. The largest absolute Gasteiger partial charge is 0.329 e. The van der Waals surface area contributed by atoms with Crippen molar-refractivity contribution < 1.29 is 0 Å². The maximum atomic E-state index is 5.98. The van der Waals surface area contributed by atoms with Gasteiger partial charge >= 0.3 is 0 Å². The van der Waals surface area contributed by atoms with Gasteiger partial charge < -0.3 is 5.73 Å². The van der Waals surface area contributed by atoms with Crippen molar-refractivity contribution in [2.24, 2.45) is 5.73 Å². The quantitative estimate of drug-likeness (QED) is 0.819. The molecule has 1 unspecified atom stereocenters. The second-order valence-corrected chi connectivity index (χ2v) is 4.74. The van der Waals surface area contributed by atoms with Gasteiger partial charge in [-0.05, 0) is 44.5 Å². The molecule has 0 radical (unpaired) electrons. The van der Waals surface area contributed by atoms with Crippen LogP contribution in [0.25, 0.3) is 0 Å². The molecule has 0 fully saturated rings. The minimum absolute atomic E-state index is 0.362. The van der Waals surface area contributed by atoms with E-state index in [-0.39, 0.29) is 0 Å². The van der Waals surface area contributed by atoms with Crippen molar-refractivity contribution >= 4 is 0 Å². The molecule has 2 heteroatoms. The lowest BCUT2D eigenvalue weighted by Gasteiger charge is -2.31. The van der Waals surface area contributed by atoms with Gasteiger partial charge in [-0.25, -0.2) is 0 Å². The number of rotatable bonds is 6. The lowest BCUT2D eigenvalue weighted by Crippen LogP contribution is -2.34. The first-order chi connectivity index (χ1) is 8.13. The summed E-state index contributed by atoms with van der Waals surface area (Å²) in [6.45, 7) is 11.6. The molecule has 1 atom stereocenters. The Hall–Kier alpha value is -0.860. The standard InChI is InChI=1S/C15H26N2/c1-5-9-17(6-2)15(11-16)14-8-7-12(3)10-13(14)4/h7-8,10,15H,5-6,9,11,16H2,1-4H3. The smallest absolute Gasteiger partial charge is 0.0472 e. The van der Waals surface area contributed by atoms with E-state index in [2.05, 4.69) is 50.8 Å². The first-order valence-electron chi connectivity index (χ1n) is 6.65. The number of nitrogens with zero attached hydrogens (tertiary/aromatic N) is 1. The van der Waals surface area contributed by atoms with Gasteiger partial charge in [0, 0.05) is 12.6 Å². The predicted molar refractivity (Wildman–Crippen MR) is 75.2 cm³/mol. The monoisotopic (exact) mass is 234 g/mol. The van der Waals surface area contributed by atoms with Crippen molar-refractivity contribution in [2.75, 3.05) is 19.6 Å². The van der Waals surface area contributed by atoms with Crippen molar-refractivity contribution in [3.8, 4) is 0 Å². The van der Waals surface area contributed by atoms with Gasteiger partial charge in [-0.2, -0.15) is 0 Å². The first kappa shape index (κ1) is 14.2. The van der Waals surface area contributed by atoms with Gasteiger partial charge in [0.2, 0.25) is 0 Å². The molecule has 0 aromatic heterocycles. The molecule has 1 rings (SSSR count). The van der Waals surface area contributed by atoms with Gasteiger partial charge in [0.1, 0.15) is 0 Å². The van der Waals surface area contributed by atoms with Gasteiger partial charge in [-0.1, -0.05) is 37.6 Å². The number of hydrogen-bond acceptors (Lipinski definition) is 2. The highest BCUT2D eigenvalue weighted by Gasteiger charge is 2.18. The number of nitrogens with two attached hydrogens (primary N) is 1. The summed E-state index contributed by atoms with van der Waals surface area (Å²) in [5.41, 5.74) is 10.0. The van der Waals surface area contributed by atoms with Crippen LogP contribution in [0.4, 0.5) is 0 Å². The van der Waals surface area contributed by atoms with E-state index in [9.17, 15) is 0 Å². The summed E-state index contributed by atoms with van der Waals surface area (Å²) in [6.07, 6.45) is 1.18. The molecule has 0 saturated carbocycles. The average molecular weight is 234 g/mol. The molecule has 0 saturated heterocycles. The Balaban J connectivity index is 2.99. The van der Waals surface area contributed by atoms with E-state index in [0.717, 1.165) is 13.1 Å². The number of hydrogen-bond donors (Lipinski definition) is 1. The highest BCUT2D eigenvalue weighted by molar-refractivity contribution is 5.33. The summed E-state index contributed by atoms with van der Waals surface area (Å²) in [5.74, 6) is 0. The van der Waals surface area contributed by atoms with Gasteiger partial charge in [-0.3, -0.25) is 4.90 Å². The number of benzene rings is 1. The van der Waals surface area contributed by atoms with E-state index < -0.39 is 0 Å². The fourth-order valence-corrected chi connectivity index (χ4v) is 2.49. The van der Waals surface area contributed by atoms with Crippen molar-refractivity contribution in [1.82, 2.24) is 4.90 Å². The number of likely N-dealkylation sites (N-methyl/N-ethyl adjacent to an activating group) is 1. The van der Waals surface area contributed by atoms with Crippen molar-refractivity contribution in [3.63, 3.8) is 0 Å². The van der Waals surface area contributed by atoms with Crippen LogP contribution in [-0.4, -0.2) is 24.5 Å². The number of aryl methyl sites for hydroxylation is 2. The molecule has 2 nitrogen and oxygen atoms in total. The van der Waals surface area contributed by atoms with E-state index in [0.29, 0.717) is 12.6 Å². The predicted octanol–water partition coefficient (Wildman–Crippen LogP) is 3.04. The van der Waals surface area contributed by atoms with Crippen molar-refractivity contribution in [2.45, 2.75) is 40.2 Å². The molecule has 0 aliphatic rings. The molecular weight excluding hydrogens is 208 g/mol. The third-order valence-electron chi connectivity index (χ3n) is 3.37. The Morgan fingerprint density at radius 3 is 2.41 bits per heavy atom. The summed E-state index contributed by atoms with van der Waals surface area (Å²) in [5, 5.41) is 0. The normalized spacial score (nSPS) is 13.1. The van der Waals surface area contributed by atoms with Gasteiger partial charge in [0.25, 0.3) is 0 Å². The Bertz CT molecular complexity index is 347. The first-order valence-corrected chi connectivity index (χ1v) is 6.65. The molecule has 1 aromatic rings. The molecule has 2 N–H and O–H groups in total. The molecule has 0 bridgehead atoms. The van der Waals surface area contributed by atoms with Crippen LogP contribution >= 0.6 is 0 Å². The lowest BCUT2D eigenvalue weighted by atomic mass is 9.98. The minimum atomic E-state index is 0.362. The summed E-state index contributed by atoms with van der Waals surface area (Å²) in [7, 11) is 0. The van der Waals surface area contributed by atoms with E-state index in [1.165, 1.54) is 23.1 Å². The Labute approximate surface area is 106 Å². The molecule has 96 valence electrons. The van der Waals surface area contributed by atoms with Crippen LogP contribution in [0.2, 0.25) is 0 Å². The Kier molecular flexibility index (Phi) is 5.66. The van der Waals surface area contributed by atoms with Gasteiger partial charge in [-0.15, -0.1) is 0 Å². The zero-order valence-corrected chi connectivity index (χ0v) is 11.7. The Morgan fingerprint density at radius 2 is 1.94 bits per heavy atom. The molecule has 0 amide bonds. The highest BCUT2D eigenvalue weighted by Crippen LogP contribution is 2.23. The summed E-state index contributed by atoms with van der Waals surface area (Å²) in [6, 6.07) is 7.03. The van der Waals surface area contributed by atoms with Crippen LogP contribution in [0.1, 0.15) is 43.0 Å². The third-order valence-corrected chi connectivity index (χ3v) is 3.37. The van der Waals surface area contributed by atoms with Gasteiger partial charge in [0.15, 0.2) is 0 Å². The third kappa shape index (κ3) is 3.55. The SMILES string of the molecule is CCCN(CC)C(CN)c1ccc(C)cc1C. The zero-order valence-electron chi connectivity index (χ0n) is 11.7. The summed E-state index contributed by atoms with van der Waals surface area (Å²) >= 11 is 0. The molecule has 1 aromatic carbocycles.